The van der Waals surface area contributed by atoms with Gasteiger partial charge in [0.1, 0.15) is 0 Å². The van der Waals surface area contributed by atoms with Crippen LogP contribution in [0.5, 0.6) is 0 Å². The molecule has 0 aliphatic carbocycles. The molecule has 0 amide bonds. The van der Waals surface area contributed by atoms with Crippen molar-refractivity contribution >= 4 is 5.97 Å². The molecule has 18 heavy (non-hydrogen) atoms. The summed E-state index contributed by atoms with van der Waals surface area (Å²) < 4.78 is 38.8. The molecule has 0 bridgehead atoms. The zero-order chi connectivity index (χ0) is 13.3. The third kappa shape index (κ3) is 2.20. The molecule has 1 heterocycles. The van der Waals surface area contributed by atoms with Crippen molar-refractivity contribution in [1.29, 1.82) is 0 Å². The van der Waals surface area contributed by atoms with Crippen LogP contribution in [0.1, 0.15) is 15.9 Å². The van der Waals surface area contributed by atoms with E-state index in [1.54, 1.807) is 0 Å². The zero-order valence-corrected chi connectivity index (χ0v) is 8.85. The number of carbonyl (C=O) groups is 1. The number of hydrogen-bond acceptors (Lipinski definition) is 2. The largest absolute Gasteiger partial charge is 0.478 e. The molecular weight excluding hydrogens is 249 g/mol. The van der Waals surface area contributed by atoms with Crippen molar-refractivity contribution in [1.82, 2.24) is 9.55 Å². The minimum atomic E-state index is -4.57. The molecule has 0 saturated carbocycles. The van der Waals surface area contributed by atoms with Crippen LogP contribution in [-0.2, 0) is 6.18 Å². The summed E-state index contributed by atoms with van der Waals surface area (Å²) in [7, 11) is 0. The first-order valence-electron chi connectivity index (χ1n) is 4.82. The molecule has 0 aliphatic heterocycles. The first-order chi connectivity index (χ1) is 8.39. The number of benzene rings is 1. The molecule has 2 aromatic rings. The fraction of sp³-hybridized carbons (Fsp3) is 0.0909. The van der Waals surface area contributed by atoms with Gasteiger partial charge in [0.25, 0.3) is 0 Å². The highest BCUT2D eigenvalue weighted by Crippen LogP contribution is 2.31. The van der Waals surface area contributed by atoms with E-state index in [4.69, 9.17) is 5.11 Å². The van der Waals surface area contributed by atoms with Gasteiger partial charge in [-0.25, -0.2) is 9.78 Å². The van der Waals surface area contributed by atoms with Crippen molar-refractivity contribution < 1.29 is 23.1 Å². The van der Waals surface area contributed by atoms with Crippen LogP contribution in [0.25, 0.3) is 5.69 Å². The first kappa shape index (κ1) is 12.2. The van der Waals surface area contributed by atoms with E-state index in [0.29, 0.717) is 6.07 Å². The molecule has 7 heteroatoms. The average Bonchev–Trinajstić information content (AvgIpc) is 2.80. The molecule has 0 fully saturated rings. The summed E-state index contributed by atoms with van der Waals surface area (Å²) in [5, 5.41) is 8.95. The maximum atomic E-state index is 12.5. The molecule has 0 aliphatic rings. The number of nitrogens with zero attached hydrogens (tertiary/aromatic N) is 2. The highest BCUT2D eigenvalue weighted by Gasteiger charge is 2.31. The van der Waals surface area contributed by atoms with Gasteiger partial charge in [0.05, 0.1) is 23.1 Å². The summed E-state index contributed by atoms with van der Waals surface area (Å²) in [5.41, 5.74) is -1.29. The van der Waals surface area contributed by atoms with E-state index >= 15 is 0 Å². The summed E-state index contributed by atoms with van der Waals surface area (Å²) in [6, 6.07) is 2.55. The predicted octanol–water partition coefficient (Wildman–Crippen LogP) is 2.59. The fourth-order valence-corrected chi connectivity index (χ4v) is 1.51. The average molecular weight is 256 g/mol. The van der Waals surface area contributed by atoms with E-state index in [9.17, 15) is 18.0 Å². The van der Waals surface area contributed by atoms with Crippen LogP contribution in [0, 0.1) is 0 Å². The van der Waals surface area contributed by atoms with Gasteiger partial charge < -0.3 is 9.67 Å². The van der Waals surface area contributed by atoms with E-state index in [0.717, 1.165) is 12.1 Å². The Labute approximate surface area is 99.3 Å². The molecule has 0 unspecified atom stereocenters. The molecule has 4 nitrogen and oxygen atoms in total. The van der Waals surface area contributed by atoms with E-state index < -0.39 is 23.3 Å². The Kier molecular flexibility index (Phi) is 2.82. The lowest BCUT2D eigenvalue weighted by Crippen LogP contribution is -2.10. The van der Waals surface area contributed by atoms with Crippen LogP contribution in [0.15, 0.2) is 36.9 Å². The highest BCUT2D eigenvalue weighted by atomic mass is 19.4. The summed E-state index contributed by atoms with van der Waals surface area (Å²) in [4.78, 5) is 14.7. The van der Waals surface area contributed by atoms with Gasteiger partial charge in [0.2, 0.25) is 0 Å². The molecule has 0 radical (unpaired) electrons. The van der Waals surface area contributed by atoms with Crippen LogP contribution in [0.2, 0.25) is 0 Å². The molecule has 1 aromatic heterocycles. The topological polar surface area (TPSA) is 55.1 Å². The monoisotopic (exact) mass is 256 g/mol. The van der Waals surface area contributed by atoms with Gasteiger partial charge in [-0.05, 0) is 18.2 Å². The number of rotatable bonds is 2. The molecule has 0 atom stereocenters. The maximum Gasteiger partial charge on any atom is 0.416 e. The lowest BCUT2D eigenvalue weighted by atomic mass is 10.1. The maximum absolute atomic E-state index is 12.5. The molecule has 94 valence electrons. The fourth-order valence-electron chi connectivity index (χ4n) is 1.51. The molecule has 0 spiro atoms. The van der Waals surface area contributed by atoms with Crippen LogP contribution in [-0.4, -0.2) is 20.6 Å². The summed E-state index contributed by atoms with van der Waals surface area (Å²) in [5.74, 6) is -1.43. The Balaban J connectivity index is 2.59. The number of halogens is 3. The number of aromatic nitrogens is 2. The quantitative estimate of drug-likeness (QED) is 0.898. The van der Waals surface area contributed by atoms with Gasteiger partial charge in [0.15, 0.2) is 0 Å². The summed E-state index contributed by atoms with van der Waals surface area (Å²) in [6.07, 6.45) is -0.398. The smallest absolute Gasteiger partial charge is 0.416 e. The van der Waals surface area contributed by atoms with Crippen LogP contribution in [0.3, 0.4) is 0 Å². The second-order valence-corrected chi connectivity index (χ2v) is 3.50. The Morgan fingerprint density at radius 3 is 2.56 bits per heavy atom. The van der Waals surface area contributed by atoms with Crippen molar-refractivity contribution in [2.75, 3.05) is 0 Å². The molecule has 0 saturated heterocycles. The van der Waals surface area contributed by atoms with Gasteiger partial charge in [-0.2, -0.15) is 13.2 Å². The van der Waals surface area contributed by atoms with Gasteiger partial charge in [0, 0.05) is 12.4 Å². The Morgan fingerprint density at radius 2 is 2.06 bits per heavy atom. The molecular formula is C11H7F3N2O2. The van der Waals surface area contributed by atoms with E-state index in [1.807, 2.05) is 0 Å². The third-order valence-electron chi connectivity index (χ3n) is 2.34. The summed E-state index contributed by atoms with van der Waals surface area (Å²) >= 11 is 0. The van der Waals surface area contributed by atoms with E-state index in [1.165, 1.54) is 23.3 Å². The SMILES string of the molecule is O=C(O)c1cc(C(F)(F)F)ccc1-n1ccnc1. The molecule has 1 N–H and O–H groups in total. The number of alkyl halides is 3. The minimum absolute atomic E-state index is 0.132. The standard InChI is InChI=1S/C11H7F3N2O2/c12-11(13,14)7-1-2-9(8(5-7)10(17)18)16-4-3-15-6-16/h1-6H,(H,17,18). The van der Waals surface area contributed by atoms with Gasteiger partial charge in [-0.1, -0.05) is 0 Å². The zero-order valence-electron chi connectivity index (χ0n) is 8.85. The van der Waals surface area contributed by atoms with E-state index in [2.05, 4.69) is 4.98 Å². The number of carboxylic acids is 1. The Hall–Kier alpha value is -2.31. The van der Waals surface area contributed by atoms with Crippen LogP contribution in [0.4, 0.5) is 13.2 Å². The van der Waals surface area contributed by atoms with Gasteiger partial charge in [-0.3, -0.25) is 0 Å². The number of aromatic carboxylic acids is 1. The lowest BCUT2D eigenvalue weighted by molar-refractivity contribution is -0.137. The number of imidazole rings is 1. The second-order valence-electron chi connectivity index (χ2n) is 3.50. The number of carboxylic acid groups (broad SMARTS) is 1. The minimum Gasteiger partial charge on any atom is -0.478 e. The van der Waals surface area contributed by atoms with Gasteiger partial charge >= 0.3 is 12.1 Å². The van der Waals surface area contributed by atoms with Crippen molar-refractivity contribution in [2.24, 2.45) is 0 Å². The predicted molar refractivity (Wildman–Crippen MR) is 55.5 cm³/mol. The normalized spacial score (nSPS) is 11.5. The van der Waals surface area contributed by atoms with Crippen LogP contribution >= 0.6 is 0 Å². The Bertz CT molecular complexity index is 576. The first-order valence-corrected chi connectivity index (χ1v) is 4.82. The lowest BCUT2D eigenvalue weighted by Gasteiger charge is -2.11. The van der Waals surface area contributed by atoms with Crippen LogP contribution < -0.4 is 0 Å². The van der Waals surface area contributed by atoms with Crippen molar-refractivity contribution in [3.63, 3.8) is 0 Å². The molecule has 1 aromatic carbocycles. The van der Waals surface area contributed by atoms with E-state index in [-0.39, 0.29) is 5.69 Å². The Morgan fingerprint density at radius 1 is 1.33 bits per heavy atom. The van der Waals surface area contributed by atoms with Gasteiger partial charge in [-0.15, -0.1) is 0 Å². The molecule has 2 rings (SSSR count). The second kappa shape index (κ2) is 4.17. The number of hydrogen-bond donors (Lipinski definition) is 1. The van der Waals surface area contributed by atoms with Crippen molar-refractivity contribution in [3.8, 4) is 5.69 Å². The third-order valence-corrected chi connectivity index (χ3v) is 2.34. The summed E-state index contributed by atoms with van der Waals surface area (Å²) in [6.45, 7) is 0. The van der Waals surface area contributed by atoms with Crippen molar-refractivity contribution in [3.05, 3.63) is 48.0 Å². The van der Waals surface area contributed by atoms with Crippen molar-refractivity contribution in [2.45, 2.75) is 6.18 Å². The highest BCUT2D eigenvalue weighted by molar-refractivity contribution is 5.92.